The van der Waals surface area contributed by atoms with Crippen molar-refractivity contribution >= 4 is 0 Å². The Morgan fingerprint density at radius 3 is 2.33 bits per heavy atom. The first-order valence-corrected chi connectivity index (χ1v) is 5.39. The molecule has 0 radical (unpaired) electrons. The van der Waals surface area contributed by atoms with Crippen LogP contribution in [-0.2, 0) is 6.42 Å². The number of hydrogen-bond donors (Lipinski definition) is 1. The van der Waals surface area contributed by atoms with Crippen molar-refractivity contribution in [1.82, 2.24) is 0 Å². The summed E-state index contributed by atoms with van der Waals surface area (Å²) in [4.78, 5) is 0. The molecule has 0 unspecified atom stereocenters. The van der Waals surface area contributed by atoms with Crippen molar-refractivity contribution in [3.05, 3.63) is 35.6 Å². The van der Waals surface area contributed by atoms with Crippen molar-refractivity contribution in [2.45, 2.75) is 33.1 Å². The van der Waals surface area contributed by atoms with Crippen LogP contribution < -0.4 is 0 Å². The Morgan fingerprint density at radius 1 is 1.20 bits per heavy atom. The fourth-order valence-electron chi connectivity index (χ4n) is 1.50. The number of aryl methyl sites for hydroxylation is 1. The lowest BCUT2D eigenvalue weighted by Gasteiger charge is -2.21. The number of rotatable bonds is 5. The monoisotopic (exact) mass is 210 g/mol. The van der Waals surface area contributed by atoms with Gasteiger partial charge in [-0.15, -0.1) is 0 Å². The summed E-state index contributed by atoms with van der Waals surface area (Å²) in [6.45, 7) is 4.33. The van der Waals surface area contributed by atoms with Crippen LogP contribution in [0.2, 0.25) is 0 Å². The molecular weight excluding hydrogens is 191 g/mol. The first kappa shape index (κ1) is 12.2. The molecule has 1 aromatic carbocycles. The fraction of sp³-hybridized carbons (Fsp3) is 0.538. The zero-order chi connectivity index (χ0) is 11.3. The molecule has 0 bridgehead atoms. The Kier molecular flexibility index (Phi) is 4.28. The molecule has 0 fully saturated rings. The molecule has 0 aliphatic rings. The number of aliphatic hydroxyl groups is 1. The van der Waals surface area contributed by atoms with Crippen molar-refractivity contribution in [3.8, 4) is 0 Å². The van der Waals surface area contributed by atoms with Gasteiger partial charge in [-0.3, -0.25) is 0 Å². The van der Waals surface area contributed by atoms with E-state index in [0.717, 1.165) is 24.8 Å². The van der Waals surface area contributed by atoms with E-state index >= 15 is 0 Å². The van der Waals surface area contributed by atoms with E-state index < -0.39 is 0 Å². The maximum atomic E-state index is 12.6. The standard InChI is InChI=1S/C13H19FO/c1-13(2,10-15)9-3-4-11-5-7-12(14)8-6-11/h5-8,15H,3-4,9-10H2,1-2H3. The summed E-state index contributed by atoms with van der Waals surface area (Å²) in [5.41, 5.74) is 1.16. The number of aliphatic hydroxyl groups excluding tert-OH is 1. The third-order valence-corrected chi connectivity index (χ3v) is 2.66. The molecule has 15 heavy (non-hydrogen) atoms. The second-order valence-electron chi connectivity index (χ2n) is 4.80. The van der Waals surface area contributed by atoms with E-state index in [1.807, 2.05) is 12.1 Å². The van der Waals surface area contributed by atoms with Crippen molar-refractivity contribution in [1.29, 1.82) is 0 Å². The maximum Gasteiger partial charge on any atom is 0.123 e. The van der Waals surface area contributed by atoms with E-state index in [1.165, 1.54) is 12.1 Å². The molecule has 2 heteroatoms. The van der Waals surface area contributed by atoms with Crippen molar-refractivity contribution in [3.63, 3.8) is 0 Å². The molecule has 0 atom stereocenters. The van der Waals surface area contributed by atoms with Crippen LogP contribution in [0.4, 0.5) is 4.39 Å². The minimum absolute atomic E-state index is 0.0000301. The minimum atomic E-state index is -0.186. The lowest BCUT2D eigenvalue weighted by Crippen LogP contribution is -2.16. The average Bonchev–Trinajstić information content (AvgIpc) is 2.21. The first-order chi connectivity index (χ1) is 7.03. The second kappa shape index (κ2) is 5.26. The molecule has 84 valence electrons. The summed E-state index contributed by atoms with van der Waals surface area (Å²) in [5.74, 6) is -0.186. The van der Waals surface area contributed by atoms with Crippen LogP contribution in [0.3, 0.4) is 0 Å². The van der Waals surface area contributed by atoms with Crippen LogP contribution in [0.25, 0.3) is 0 Å². The lowest BCUT2D eigenvalue weighted by molar-refractivity contribution is 0.148. The second-order valence-corrected chi connectivity index (χ2v) is 4.80. The predicted molar refractivity (Wildman–Crippen MR) is 60.2 cm³/mol. The molecule has 0 saturated heterocycles. The molecule has 1 rings (SSSR count). The van der Waals surface area contributed by atoms with Gasteiger partial charge in [0.15, 0.2) is 0 Å². The van der Waals surface area contributed by atoms with E-state index in [4.69, 9.17) is 5.11 Å². The summed E-state index contributed by atoms with van der Waals surface area (Å²) in [6, 6.07) is 6.63. The molecular formula is C13H19FO. The summed E-state index contributed by atoms with van der Waals surface area (Å²) >= 11 is 0. The molecule has 0 aliphatic heterocycles. The van der Waals surface area contributed by atoms with Gasteiger partial charge in [0.25, 0.3) is 0 Å². The Balaban J connectivity index is 2.35. The fourth-order valence-corrected chi connectivity index (χ4v) is 1.50. The zero-order valence-electron chi connectivity index (χ0n) is 9.46. The van der Waals surface area contributed by atoms with E-state index in [-0.39, 0.29) is 17.8 Å². The van der Waals surface area contributed by atoms with Gasteiger partial charge in [-0.2, -0.15) is 0 Å². The molecule has 1 nitrogen and oxygen atoms in total. The molecule has 0 amide bonds. The number of benzene rings is 1. The molecule has 0 heterocycles. The summed E-state index contributed by atoms with van der Waals surface area (Å²) in [7, 11) is 0. The zero-order valence-corrected chi connectivity index (χ0v) is 9.46. The van der Waals surface area contributed by atoms with Crippen LogP contribution in [0.5, 0.6) is 0 Å². The third-order valence-electron chi connectivity index (χ3n) is 2.66. The van der Waals surface area contributed by atoms with Crippen LogP contribution in [0.15, 0.2) is 24.3 Å². The van der Waals surface area contributed by atoms with Crippen molar-refractivity contribution < 1.29 is 9.50 Å². The van der Waals surface area contributed by atoms with E-state index in [2.05, 4.69) is 13.8 Å². The predicted octanol–water partition coefficient (Wildman–Crippen LogP) is 3.17. The van der Waals surface area contributed by atoms with Gasteiger partial charge in [0.1, 0.15) is 5.82 Å². The first-order valence-electron chi connectivity index (χ1n) is 5.39. The van der Waals surface area contributed by atoms with Gasteiger partial charge in [-0.25, -0.2) is 4.39 Å². The lowest BCUT2D eigenvalue weighted by atomic mass is 9.87. The Hall–Kier alpha value is -0.890. The van der Waals surface area contributed by atoms with Crippen LogP contribution in [-0.4, -0.2) is 11.7 Å². The van der Waals surface area contributed by atoms with E-state index in [9.17, 15) is 4.39 Å². The van der Waals surface area contributed by atoms with Gasteiger partial charge < -0.3 is 5.11 Å². The highest BCUT2D eigenvalue weighted by atomic mass is 19.1. The molecule has 0 aromatic heterocycles. The van der Waals surface area contributed by atoms with Gasteiger partial charge >= 0.3 is 0 Å². The van der Waals surface area contributed by atoms with E-state index in [0.29, 0.717) is 0 Å². The Labute approximate surface area is 90.9 Å². The summed E-state index contributed by atoms with van der Waals surface area (Å²) < 4.78 is 12.6. The molecule has 0 aliphatic carbocycles. The largest absolute Gasteiger partial charge is 0.396 e. The normalized spacial score (nSPS) is 11.7. The summed E-state index contributed by atoms with van der Waals surface area (Å²) in [6.07, 6.45) is 2.96. The average molecular weight is 210 g/mol. The van der Waals surface area contributed by atoms with Gasteiger partial charge in [0, 0.05) is 6.61 Å². The third kappa shape index (κ3) is 4.43. The van der Waals surface area contributed by atoms with Crippen LogP contribution in [0, 0.1) is 11.2 Å². The SMILES string of the molecule is CC(C)(CO)CCCc1ccc(F)cc1. The molecule has 0 saturated carbocycles. The van der Waals surface area contributed by atoms with Gasteiger partial charge in [-0.1, -0.05) is 26.0 Å². The minimum Gasteiger partial charge on any atom is -0.396 e. The van der Waals surface area contributed by atoms with E-state index in [1.54, 1.807) is 0 Å². The van der Waals surface area contributed by atoms with Crippen LogP contribution >= 0.6 is 0 Å². The highest BCUT2D eigenvalue weighted by Gasteiger charge is 2.15. The number of halogens is 1. The topological polar surface area (TPSA) is 20.2 Å². The highest BCUT2D eigenvalue weighted by Crippen LogP contribution is 2.22. The Morgan fingerprint density at radius 2 is 1.80 bits per heavy atom. The molecule has 0 spiro atoms. The Bertz CT molecular complexity index is 290. The van der Waals surface area contributed by atoms with Gasteiger partial charge in [-0.05, 0) is 42.4 Å². The van der Waals surface area contributed by atoms with Crippen molar-refractivity contribution in [2.24, 2.45) is 5.41 Å². The number of hydrogen-bond acceptors (Lipinski definition) is 1. The van der Waals surface area contributed by atoms with Crippen LogP contribution in [0.1, 0.15) is 32.3 Å². The van der Waals surface area contributed by atoms with Gasteiger partial charge in [0.05, 0.1) is 0 Å². The summed E-state index contributed by atoms with van der Waals surface area (Å²) in [5, 5.41) is 9.08. The smallest absolute Gasteiger partial charge is 0.123 e. The van der Waals surface area contributed by atoms with Crippen molar-refractivity contribution in [2.75, 3.05) is 6.61 Å². The molecule has 1 aromatic rings. The maximum absolute atomic E-state index is 12.6. The quantitative estimate of drug-likeness (QED) is 0.791. The highest BCUT2D eigenvalue weighted by molar-refractivity contribution is 5.15. The molecule has 1 N–H and O–H groups in total. The van der Waals surface area contributed by atoms with Gasteiger partial charge in [0.2, 0.25) is 0 Å².